The van der Waals surface area contributed by atoms with Crippen molar-refractivity contribution in [1.29, 1.82) is 0 Å². The molecule has 27 heavy (non-hydrogen) atoms. The summed E-state index contributed by atoms with van der Waals surface area (Å²) in [4.78, 5) is 36.0. The van der Waals surface area contributed by atoms with Gasteiger partial charge in [0.2, 0.25) is 0 Å². The molecular weight excluding hydrogens is 348 g/mol. The highest BCUT2D eigenvalue weighted by atomic mass is 16.5. The Morgan fingerprint density at radius 3 is 2.41 bits per heavy atom. The molecule has 152 valence electrons. The molecule has 0 amide bonds. The lowest BCUT2D eigenvalue weighted by Crippen LogP contribution is -2.57. The molecule has 2 aliphatic rings. The molecule has 6 nitrogen and oxygen atoms in total. The van der Waals surface area contributed by atoms with E-state index >= 15 is 0 Å². The standard InChI is InChI=1S/C21H32O6/c1-13-16(27-14(2)22)12-21(4)15(19(24)26-6)8-7-9-17(21)20(13,3)11-10-18(23)25-5/h8,13,16-17H,7,9-12H2,1-6H3/t13-,16-,17-,20+,21+/m1/s1. The molecule has 0 bridgehead atoms. The van der Waals surface area contributed by atoms with Gasteiger partial charge in [0.1, 0.15) is 6.10 Å². The molecule has 1 saturated carbocycles. The van der Waals surface area contributed by atoms with Crippen molar-refractivity contribution >= 4 is 17.9 Å². The summed E-state index contributed by atoms with van der Waals surface area (Å²) in [7, 11) is 2.78. The van der Waals surface area contributed by atoms with Gasteiger partial charge in [-0.1, -0.05) is 26.8 Å². The van der Waals surface area contributed by atoms with Gasteiger partial charge in [-0.3, -0.25) is 9.59 Å². The van der Waals surface area contributed by atoms with E-state index < -0.39 is 5.41 Å². The Morgan fingerprint density at radius 2 is 1.85 bits per heavy atom. The molecule has 2 aliphatic carbocycles. The van der Waals surface area contributed by atoms with Crippen LogP contribution < -0.4 is 0 Å². The zero-order chi connectivity index (χ0) is 20.4. The molecule has 0 saturated heterocycles. The highest BCUT2D eigenvalue weighted by molar-refractivity contribution is 5.90. The maximum absolute atomic E-state index is 12.5. The maximum Gasteiger partial charge on any atom is 0.333 e. The molecule has 1 fully saturated rings. The summed E-state index contributed by atoms with van der Waals surface area (Å²) in [5.41, 5.74) is -0.0906. The van der Waals surface area contributed by atoms with Crippen LogP contribution in [-0.4, -0.2) is 38.2 Å². The number of hydrogen-bond donors (Lipinski definition) is 0. The van der Waals surface area contributed by atoms with Gasteiger partial charge in [-0.15, -0.1) is 0 Å². The summed E-state index contributed by atoms with van der Waals surface area (Å²) >= 11 is 0. The van der Waals surface area contributed by atoms with Crippen molar-refractivity contribution in [2.24, 2.45) is 22.7 Å². The minimum Gasteiger partial charge on any atom is -0.469 e. The number of allylic oxidation sites excluding steroid dienone is 1. The van der Waals surface area contributed by atoms with E-state index in [0.717, 1.165) is 12.8 Å². The van der Waals surface area contributed by atoms with Gasteiger partial charge in [-0.05, 0) is 42.9 Å². The molecule has 5 atom stereocenters. The Kier molecular flexibility index (Phi) is 6.38. The van der Waals surface area contributed by atoms with E-state index in [1.165, 1.54) is 21.1 Å². The Labute approximate surface area is 161 Å². The number of rotatable bonds is 5. The van der Waals surface area contributed by atoms with Gasteiger partial charge in [-0.2, -0.15) is 0 Å². The van der Waals surface area contributed by atoms with Crippen LogP contribution in [0.1, 0.15) is 59.8 Å². The number of esters is 3. The monoisotopic (exact) mass is 380 g/mol. The van der Waals surface area contributed by atoms with Crippen LogP contribution in [0.2, 0.25) is 0 Å². The van der Waals surface area contributed by atoms with Gasteiger partial charge in [0.25, 0.3) is 0 Å². The quantitative estimate of drug-likeness (QED) is 0.537. The normalized spacial score (nSPS) is 35.5. The van der Waals surface area contributed by atoms with Crippen molar-refractivity contribution in [3.8, 4) is 0 Å². The van der Waals surface area contributed by atoms with Gasteiger partial charge < -0.3 is 14.2 Å². The summed E-state index contributed by atoms with van der Waals surface area (Å²) in [6.45, 7) is 7.71. The Bertz CT molecular complexity index is 639. The van der Waals surface area contributed by atoms with Crippen molar-refractivity contribution in [1.82, 2.24) is 0 Å². The number of ether oxygens (including phenoxy) is 3. The number of carbonyl (C=O) groups excluding carboxylic acids is 3. The van der Waals surface area contributed by atoms with E-state index in [1.807, 2.05) is 6.08 Å². The SMILES string of the molecule is COC(=O)CC[C@@]1(C)[C@H](C)[C@H](OC(C)=O)C[C@@]2(C)C(C(=O)OC)=CCC[C@H]12. The summed E-state index contributed by atoms with van der Waals surface area (Å²) in [6, 6.07) is 0. The third kappa shape index (κ3) is 3.90. The molecule has 0 aliphatic heterocycles. The highest BCUT2D eigenvalue weighted by Crippen LogP contribution is 2.62. The second kappa shape index (κ2) is 8.03. The molecule has 6 heteroatoms. The van der Waals surface area contributed by atoms with Crippen molar-refractivity contribution in [2.45, 2.75) is 65.9 Å². The second-order valence-corrected chi connectivity index (χ2v) is 8.38. The maximum atomic E-state index is 12.5. The topological polar surface area (TPSA) is 78.9 Å². The fourth-order valence-corrected chi connectivity index (χ4v) is 5.44. The van der Waals surface area contributed by atoms with E-state index in [0.29, 0.717) is 24.8 Å². The van der Waals surface area contributed by atoms with E-state index in [-0.39, 0.29) is 41.3 Å². The van der Waals surface area contributed by atoms with Crippen LogP contribution in [0.3, 0.4) is 0 Å². The molecule has 0 unspecified atom stereocenters. The first-order valence-corrected chi connectivity index (χ1v) is 9.63. The Morgan fingerprint density at radius 1 is 1.19 bits per heavy atom. The van der Waals surface area contributed by atoms with Crippen LogP contribution in [0.15, 0.2) is 11.6 Å². The summed E-state index contributed by atoms with van der Waals surface area (Å²) in [5.74, 6) is -0.673. The van der Waals surface area contributed by atoms with Crippen LogP contribution in [-0.2, 0) is 28.6 Å². The zero-order valence-corrected chi connectivity index (χ0v) is 17.3. The lowest BCUT2D eigenvalue weighted by Gasteiger charge is -2.59. The molecule has 0 spiro atoms. The minimum atomic E-state index is -0.469. The average molecular weight is 380 g/mol. The molecule has 0 N–H and O–H groups in total. The zero-order valence-electron chi connectivity index (χ0n) is 17.3. The first kappa shape index (κ1) is 21.5. The van der Waals surface area contributed by atoms with Crippen molar-refractivity contribution in [3.05, 3.63) is 11.6 Å². The summed E-state index contributed by atoms with van der Waals surface area (Å²) < 4.78 is 15.6. The van der Waals surface area contributed by atoms with Crippen molar-refractivity contribution in [2.75, 3.05) is 14.2 Å². The van der Waals surface area contributed by atoms with E-state index in [4.69, 9.17) is 14.2 Å². The molecule has 0 aromatic rings. The Balaban J connectivity index is 2.48. The van der Waals surface area contributed by atoms with Gasteiger partial charge in [-0.25, -0.2) is 4.79 Å². The summed E-state index contributed by atoms with van der Waals surface area (Å²) in [6.07, 6.45) is 4.85. The minimum absolute atomic E-state index is 0.0566. The van der Waals surface area contributed by atoms with Gasteiger partial charge in [0, 0.05) is 24.3 Å². The largest absolute Gasteiger partial charge is 0.469 e. The fraction of sp³-hybridized carbons (Fsp3) is 0.762. The summed E-state index contributed by atoms with van der Waals surface area (Å²) in [5, 5.41) is 0. The lowest BCUT2D eigenvalue weighted by molar-refractivity contribution is -0.173. The van der Waals surface area contributed by atoms with Gasteiger partial charge in [0.15, 0.2) is 0 Å². The predicted molar refractivity (Wildman–Crippen MR) is 99.6 cm³/mol. The first-order valence-electron chi connectivity index (χ1n) is 9.63. The fourth-order valence-electron chi connectivity index (χ4n) is 5.44. The molecule has 2 rings (SSSR count). The number of fused-ring (bicyclic) bond motifs is 1. The smallest absolute Gasteiger partial charge is 0.333 e. The Hall–Kier alpha value is -1.85. The van der Waals surface area contributed by atoms with E-state index in [2.05, 4.69) is 20.8 Å². The second-order valence-electron chi connectivity index (χ2n) is 8.38. The first-order chi connectivity index (χ1) is 12.6. The van der Waals surface area contributed by atoms with Crippen LogP contribution in [0.4, 0.5) is 0 Å². The van der Waals surface area contributed by atoms with Crippen LogP contribution in [0.25, 0.3) is 0 Å². The molecule has 0 aromatic carbocycles. The van der Waals surface area contributed by atoms with E-state index in [1.54, 1.807) is 0 Å². The lowest BCUT2D eigenvalue weighted by atomic mass is 9.46. The van der Waals surface area contributed by atoms with Crippen LogP contribution >= 0.6 is 0 Å². The third-order valence-electron chi connectivity index (χ3n) is 7.03. The average Bonchev–Trinajstić information content (AvgIpc) is 2.62. The van der Waals surface area contributed by atoms with Crippen LogP contribution in [0.5, 0.6) is 0 Å². The molecule has 0 heterocycles. The molecule has 0 radical (unpaired) electrons. The predicted octanol–water partition coefficient (Wildman–Crippen LogP) is 3.43. The number of hydrogen-bond acceptors (Lipinski definition) is 6. The van der Waals surface area contributed by atoms with E-state index in [9.17, 15) is 14.4 Å². The highest BCUT2D eigenvalue weighted by Gasteiger charge is 2.59. The molecule has 0 aromatic heterocycles. The van der Waals surface area contributed by atoms with Gasteiger partial charge >= 0.3 is 17.9 Å². The van der Waals surface area contributed by atoms with Crippen molar-refractivity contribution in [3.63, 3.8) is 0 Å². The third-order valence-corrected chi connectivity index (χ3v) is 7.03. The van der Waals surface area contributed by atoms with Crippen molar-refractivity contribution < 1.29 is 28.6 Å². The van der Waals surface area contributed by atoms with Gasteiger partial charge in [0.05, 0.1) is 14.2 Å². The number of methoxy groups -OCH3 is 2. The molecular formula is C21H32O6. The van der Waals surface area contributed by atoms with Crippen LogP contribution in [0, 0.1) is 22.7 Å². The number of carbonyl (C=O) groups is 3.